The number of phenols is 1. The summed E-state index contributed by atoms with van der Waals surface area (Å²) in [7, 11) is 0. The van der Waals surface area contributed by atoms with E-state index in [4.69, 9.17) is 4.42 Å². The highest BCUT2D eigenvalue weighted by atomic mass is 32.1. The molecule has 0 spiro atoms. The molecular weight excluding hydrogens is 322 g/mol. The minimum Gasteiger partial charge on any atom is -0.508 e. The first-order chi connectivity index (χ1) is 11.6. The minimum absolute atomic E-state index is 0.102. The zero-order chi connectivity index (χ0) is 16.8. The zero-order valence-electron chi connectivity index (χ0n) is 13.3. The molecule has 4 nitrogen and oxygen atoms in total. The SMILES string of the molecule is CCc1oc2c(C)c(O)ccc2c(=O)c1-c1nc2ccccc2s1. The third-order valence-electron chi connectivity index (χ3n) is 4.18. The third-order valence-corrected chi connectivity index (χ3v) is 5.24. The lowest BCUT2D eigenvalue weighted by Gasteiger charge is -2.09. The summed E-state index contributed by atoms with van der Waals surface area (Å²) in [6.07, 6.45) is 0.575. The van der Waals surface area contributed by atoms with Crippen LogP contribution in [0.2, 0.25) is 0 Å². The number of benzene rings is 2. The molecule has 0 aliphatic carbocycles. The number of aromatic hydroxyl groups is 1. The molecule has 0 saturated carbocycles. The van der Waals surface area contributed by atoms with Crippen molar-refractivity contribution in [3.8, 4) is 16.3 Å². The Bertz CT molecular complexity index is 1110. The molecule has 4 aromatic rings. The second-order valence-corrected chi connectivity index (χ2v) is 6.69. The minimum atomic E-state index is -0.102. The molecule has 2 aromatic carbocycles. The summed E-state index contributed by atoms with van der Waals surface area (Å²) in [4.78, 5) is 17.7. The molecule has 0 aliphatic rings. The van der Waals surface area contributed by atoms with Crippen molar-refractivity contribution in [2.75, 3.05) is 0 Å². The van der Waals surface area contributed by atoms with Crippen LogP contribution in [0.1, 0.15) is 18.2 Å². The fraction of sp³-hybridized carbons (Fsp3) is 0.158. The average Bonchev–Trinajstić information content (AvgIpc) is 3.01. The maximum Gasteiger partial charge on any atom is 0.203 e. The van der Waals surface area contributed by atoms with E-state index in [1.165, 1.54) is 17.4 Å². The lowest BCUT2D eigenvalue weighted by molar-refractivity contribution is 0.468. The first kappa shape index (κ1) is 14.9. The highest BCUT2D eigenvalue weighted by Crippen LogP contribution is 2.33. The van der Waals surface area contributed by atoms with Crippen molar-refractivity contribution < 1.29 is 9.52 Å². The van der Waals surface area contributed by atoms with E-state index in [2.05, 4.69) is 4.98 Å². The zero-order valence-corrected chi connectivity index (χ0v) is 14.1. The van der Waals surface area contributed by atoms with Crippen LogP contribution < -0.4 is 5.43 Å². The van der Waals surface area contributed by atoms with Gasteiger partial charge in [-0.3, -0.25) is 4.79 Å². The number of rotatable bonds is 2. The molecule has 2 heterocycles. The van der Waals surface area contributed by atoms with Crippen LogP contribution in [0.3, 0.4) is 0 Å². The molecule has 5 heteroatoms. The molecule has 0 radical (unpaired) electrons. The summed E-state index contributed by atoms with van der Waals surface area (Å²) in [5.74, 6) is 0.723. The summed E-state index contributed by atoms with van der Waals surface area (Å²) in [5, 5.41) is 11.0. The molecular formula is C19H15NO3S. The van der Waals surface area contributed by atoms with Crippen molar-refractivity contribution in [3.05, 3.63) is 57.9 Å². The van der Waals surface area contributed by atoms with E-state index in [1.807, 2.05) is 31.2 Å². The molecule has 0 aliphatic heterocycles. The lowest BCUT2D eigenvalue weighted by Crippen LogP contribution is -2.09. The van der Waals surface area contributed by atoms with Crippen LogP contribution in [0.15, 0.2) is 45.6 Å². The van der Waals surface area contributed by atoms with Gasteiger partial charge in [0, 0.05) is 12.0 Å². The molecule has 0 unspecified atom stereocenters. The summed E-state index contributed by atoms with van der Waals surface area (Å²) in [5.41, 5.74) is 2.32. The average molecular weight is 337 g/mol. The van der Waals surface area contributed by atoms with E-state index in [-0.39, 0.29) is 11.2 Å². The van der Waals surface area contributed by atoms with Crippen LogP contribution in [-0.4, -0.2) is 10.1 Å². The Balaban J connectivity index is 2.09. The van der Waals surface area contributed by atoms with E-state index < -0.39 is 0 Å². The van der Waals surface area contributed by atoms with Crippen molar-refractivity contribution in [1.82, 2.24) is 4.98 Å². The fourth-order valence-electron chi connectivity index (χ4n) is 2.87. The number of phenolic OH excluding ortho intramolecular Hbond substituents is 1. The number of aryl methyl sites for hydroxylation is 2. The van der Waals surface area contributed by atoms with Gasteiger partial charge in [-0.1, -0.05) is 19.1 Å². The van der Waals surface area contributed by atoms with E-state index in [1.54, 1.807) is 13.0 Å². The third kappa shape index (κ3) is 2.12. The van der Waals surface area contributed by atoms with Crippen molar-refractivity contribution in [2.45, 2.75) is 20.3 Å². The van der Waals surface area contributed by atoms with Gasteiger partial charge in [-0.25, -0.2) is 4.98 Å². The van der Waals surface area contributed by atoms with E-state index >= 15 is 0 Å². The van der Waals surface area contributed by atoms with E-state index in [9.17, 15) is 9.90 Å². The second-order valence-electron chi connectivity index (χ2n) is 5.66. The Morgan fingerprint density at radius 1 is 1.21 bits per heavy atom. The number of fused-ring (bicyclic) bond motifs is 2. The molecule has 0 amide bonds. The Morgan fingerprint density at radius 3 is 2.75 bits per heavy atom. The molecule has 0 atom stereocenters. The van der Waals surface area contributed by atoms with Crippen LogP contribution in [-0.2, 0) is 6.42 Å². The molecule has 1 N–H and O–H groups in total. The summed E-state index contributed by atoms with van der Waals surface area (Å²) in [6.45, 7) is 3.69. The Hall–Kier alpha value is -2.66. The van der Waals surface area contributed by atoms with Crippen LogP contribution in [0, 0.1) is 6.92 Å². The number of hydrogen-bond donors (Lipinski definition) is 1. The summed E-state index contributed by atoms with van der Waals surface area (Å²) >= 11 is 1.49. The topological polar surface area (TPSA) is 63.3 Å². The van der Waals surface area contributed by atoms with Crippen molar-refractivity contribution in [1.29, 1.82) is 0 Å². The van der Waals surface area contributed by atoms with Crippen LogP contribution in [0.25, 0.3) is 31.8 Å². The summed E-state index contributed by atoms with van der Waals surface area (Å²) in [6, 6.07) is 11.0. The van der Waals surface area contributed by atoms with Crippen molar-refractivity contribution in [3.63, 3.8) is 0 Å². The predicted octanol–water partition coefficient (Wildman–Crippen LogP) is 4.65. The molecule has 4 rings (SSSR count). The first-order valence-corrected chi connectivity index (χ1v) is 8.56. The quantitative estimate of drug-likeness (QED) is 0.578. The Morgan fingerprint density at radius 2 is 2.00 bits per heavy atom. The van der Waals surface area contributed by atoms with Gasteiger partial charge in [-0.2, -0.15) is 0 Å². The van der Waals surface area contributed by atoms with Gasteiger partial charge in [0.15, 0.2) is 0 Å². The number of aromatic nitrogens is 1. The molecule has 120 valence electrons. The van der Waals surface area contributed by atoms with Gasteiger partial charge >= 0.3 is 0 Å². The number of thiazole rings is 1. The Kier molecular flexibility index (Phi) is 3.39. The van der Waals surface area contributed by atoms with Gasteiger partial charge in [0.2, 0.25) is 5.43 Å². The molecule has 0 saturated heterocycles. The highest BCUT2D eigenvalue weighted by molar-refractivity contribution is 7.21. The van der Waals surface area contributed by atoms with E-state index in [0.29, 0.717) is 39.3 Å². The molecule has 2 aromatic heterocycles. The lowest BCUT2D eigenvalue weighted by atomic mass is 10.1. The predicted molar refractivity (Wildman–Crippen MR) is 96.9 cm³/mol. The van der Waals surface area contributed by atoms with Gasteiger partial charge in [0.1, 0.15) is 22.1 Å². The van der Waals surface area contributed by atoms with Crippen molar-refractivity contribution >= 4 is 32.5 Å². The van der Waals surface area contributed by atoms with Crippen LogP contribution >= 0.6 is 11.3 Å². The first-order valence-electron chi connectivity index (χ1n) is 7.74. The second kappa shape index (κ2) is 5.46. The smallest absolute Gasteiger partial charge is 0.203 e. The van der Waals surface area contributed by atoms with Gasteiger partial charge in [-0.05, 0) is 31.2 Å². The normalized spacial score (nSPS) is 11.4. The summed E-state index contributed by atoms with van der Waals surface area (Å²) < 4.78 is 7.03. The molecule has 0 fully saturated rings. The monoisotopic (exact) mass is 337 g/mol. The van der Waals surface area contributed by atoms with Gasteiger partial charge in [-0.15, -0.1) is 11.3 Å². The van der Waals surface area contributed by atoms with Crippen LogP contribution in [0.4, 0.5) is 0 Å². The maximum atomic E-state index is 13.1. The highest BCUT2D eigenvalue weighted by Gasteiger charge is 2.20. The van der Waals surface area contributed by atoms with Gasteiger partial charge in [0.25, 0.3) is 0 Å². The van der Waals surface area contributed by atoms with E-state index in [0.717, 1.165) is 10.2 Å². The number of para-hydroxylation sites is 1. The molecule has 0 bridgehead atoms. The van der Waals surface area contributed by atoms with Gasteiger partial charge < -0.3 is 9.52 Å². The van der Waals surface area contributed by atoms with Crippen molar-refractivity contribution in [2.24, 2.45) is 0 Å². The number of hydrogen-bond acceptors (Lipinski definition) is 5. The Labute approximate surface area is 142 Å². The largest absolute Gasteiger partial charge is 0.508 e. The molecule has 24 heavy (non-hydrogen) atoms. The number of nitrogens with zero attached hydrogens (tertiary/aromatic N) is 1. The maximum absolute atomic E-state index is 13.1. The standard InChI is InChI=1S/C19H15NO3S/c1-3-14-16(19-20-12-6-4-5-7-15(12)24-19)17(22)11-8-9-13(21)10(2)18(11)23-14/h4-9,21H,3H2,1-2H3. The van der Waals surface area contributed by atoms with Crippen LogP contribution in [0.5, 0.6) is 5.75 Å². The van der Waals surface area contributed by atoms with Gasteiger partial charge in [0.05, 0.1) is 21.2 Å². The fourth-order valence-corrected chi connectivity index (χ4v) is 3.90.